The molecule has 0 aliphatic carbocycles. The van der Waals surface area contributed by atoms with E-state index in [2.05, 4.69) is 0 Å². The van der Waals surface area contributed by atoms with E-state index in [0.717, 1.165) is 11.1 Å². The number of anilines is 1. The van der Waals surface area contributed by atoms with Crippen molar-refractivity contribution in [1.29, 1.82) is 0 Å². The summed E-state index contributed by atoms with van der Waals surface area (Å²) < 4.78 is 33.2. The van der Waals surface area contributed by atoms with Gasteiger partial charge in [-0.1, -0.05) is 54.6 Å². The Hall–Kier alpha value is -3.12. The van der Waals surface area contributed by atoms with E-state index >= 15 is 0 Å². The van der Waals surface area contributed by atoms with Crippen molar-refractivity contribution in [3.8, 4) is 11.1 Å². The minimum Gasteiger partial charge on any atom is -0.469 e. The second kappa shape index (κ2) is 7.72. The minimum atomic E-state index is -3.81. The lowest BCUT2D eigenvalue weighted by Crippen LogP contribution is -2.46. The molecule has 148 valence electrons. The number of rotatable bonds is 4. The van der Waals surface area contributed by atoms with E-state index in [1.807, 2.05) is 48.5 Å². The van der Waals surface area contributed by atoms with Crippen LogP contribution in [0, 0.1) is 0 Å². The van der Waals surface area contributed by atoms with Crippen LogP contribution in [0.4, 0.5) is 5.69 Å². The van der Waals surface area contributed by atoms with Gasteiger partial charge in [-0.05, 0) is 47.4 Å². The number of carbonyl (C=O) groups is 1. The van der Waals surface area contributed by atoms with Crippen molar-refractivity contribution in [2.45, 2.75) is 23.8 Å². The van der Waals surface area contributed by atoms with E-state index in [1.54, 1.807) is 30.3 Å². The fraction of sp³-hybridized carbons (Fsp3) is 0.174. The normalized spacial score (nSPS) is 17.4. The first-order chi connectivity index (χ1) is 14.0. The number of nitrogens with zero attached hydrogens (tertiary/aromatic N) is 1. The van der Waals surface area contributed by atoms with Crippen LogP contribution in [0.2, 0.25) is 0 Å². The molecule has 6 heteroatoms. The van der Waals surface area contributed by atoms with Crippen LogP contribution in [0.25, 0.3) is 11.1 Å². The molecule has 29 heavy (non-hydrogen) atoms. The Morgan fingerprint density at radius 1 is 0.966 bits per heavy atom. The first-order valence-electron chi connectivity index (χ1n) is 9.35. The zero-order valence-corrected chi connectivity index (χ0v) is 16.8. The summed E-state index contributed by atoms with van der Waals surface area (Å²) in [5.74, 6) is -0.436. The summed E-state index contributed by atoms with van der Waals surface area (Å²) in [6.07, 6.45) is 0.416. The zero-order valence-electron chi connectivity index (χ0n) is 16.0. The average Bonchev–Trinajstić information content (AvgIpc) is 2.74. The van der Waals surface area contributed by atoms with Gasteiger partial charge >= 0.3 is 5.97 Å². The van der Waals surface area contributed by atoms with Crippen LogP contribution in [0.5, 0.6) is 0 Å². The lowest BCUT2D eigenvalue weighted by atomic mass is 9.97. The SMILES string of the molecule is COC(=O)CC1Cc2cc(-c3ccccc3)ccc2S(=O)(=O)N1c1ccccc1. The maximum Gasteiger partial charge on any atom is 0.307 e. The standard InChI is InChI=1S/C23H21NO4S/c1-28-23(25)16-21-15-19-14-18(17-8-4-2-5-9-17)12-13-22(19)29(26,27)24(21)20-10-6-3-7-11-20/h2-14,21H,15-16H2,1H3. The van der Waals surface area contributed by atoms with Crippen LogP contribution in [-0.4, -0.2) is 27.5 Å². The van der Waals surface area contributed by atoms with Crippen molar-refractivity contribution in [2.75, 3.05) is 11.4 Å². The molecule has 0 saturated heterocycles. The average molecular weight is 407 g/mol. The molecule has 0 fully saturated rings. The van der Waals surface area contributed by atoms with Crippen molar-refractivity contribution < 1.29 is 17.9 Å². The molecule has 4 rings (SSSR count). The van der Waals surface area contributed by atoms with Gasteiger partial charge < -0.3 is 4.74 Å². The highest BCUT2D eigenvalue weighted by atomic mass is 32.2. The van der Waals surface area contributed by atoms with Crippen molar-refractivity contribution in [3.63, 3.8) is 0 Å². The van der Waals surface area contributed by atoms with Crippen molar-refractivity contribution in [2.24, 2.45) is 0 Å². The fourth-order valence-corrected chi connectivity index (χ4v) is 5.66. The first kappa shape index (κ1) is 19.2. The van der Waals surface area contributed by atoms with E-state index < -0.39 is 22.0 Å². The number of para-hydroxylation sites is 1. The number of carbonyl (C=O) groups excluding carboxylic acids is 1. The summed E-state index contributed by atoms with van der Waals surface area (Å²) in [7, 11) is -2.50. The molecule has 0 aromatic heterocycles. The lowest BCUT2D eigenvalue weighted by molar-refractivity contribution is -0.140. The van der Waals surface area contributed by atoms with Gasteiger partial charge in [-0.3, -0.25) is 9.10 Å². The molecule has 0 N–H and O–H groups in total. The third kappa shape index (κ3) is 3.63. The van der Waals surface area contributed by atoms with E-state index in [-0.39, 0.29) is 11.3 Å². The summed E-state index contributed by atoms with van der Waals surface area (Å²) in [6.45, 7) is 0. The molecule has 1 heterocycles. The molecule has 3 aromatic rings. The topological polar surface area (TPSA) is 63.7 Å². The van der Waals surface area contributed by atoms with Crippen molar-refractivity contribution in [3.05, 3.63) is 84.4 Å². The fourth-order valence-electron chi connectivity index (χ4n) is 3.80. The zero-order chi connectivity index (χ0) is 20.4. The number of benzene rings is 3. The number of hydrogen-bond acceptors (Lipinski definition) is 4. The molecule has 1 atom stereocenters. The van der Waals surface area contributed by atoms with Gasteiger partial charge in [0.15, 0.2) is 0 Å². The Bertz CT molecular complexity index is 1130. The molecule has 0 saturated carbocycles. The van der Waals surface area contributed by atoms with E-state index in [4.69, 9.17) is 4.74 Å². The number of ether oxygens (including phenoxy) is 1. The third-order valence-corrected chi connectivity index (χ3v) is 7.11. The Kier molecular flexibility index (Phi) is 5.11. The molecular formula is C23H21NO4S. The maximum atomic E-state index is 13.5. The second-order valence-electron chi connectivity index (χ2n) is 6.96. The molecule has 0 amide bonds. The van der Waals surface area contributed by atoms with Crippen LogP contribution in [0.1, 0.15) is 12.0 Å². The number of hydrogen-bond donors (Lipinski definition) is 0. The van der Waals surface area contributed by atoms with Gasteiger partial charge in [-0.25, -0.2) is 8.42 Å². The van der Waals surface area contributed by atoms with E-state index in [0.29, 0.717) is 17.7 Å². The van der Waals surface area contributed by atoms with Gasteiger partial charge in [0.1, 0.15) is 0 Å². The van der Waals surface area contributed by atoms with Crippen LogP contribution >= 0.6 is 0 Å². The summed E-state index contributed by atoms with van der Waals surface area (Å²) >= 11 is 0. The molecule has 5 nitrogen and oxygen atoms in total. The first-order valence-corrected chi connectivity index (χ1v) is 10.8. The maximum absolute atomic E-state index is 13.5. The van der Waals surface area contributed by atoms with E-state index in [9.17, 15) is 13.2 Å². The molecular weight excluding hydrogens is 386 g/mol. The van der Waals surface area contributed by atoms with Gasteiger partial charge in [0.2, 0.25) is 0 Å². The summed E-state index contributed by atoms with van der Waals surface area (Å²) in [5, 5.41) is 0. The highest BCUT2D eigenvalue weighted by Crippen LogP contribution is 2.37. The molecule has 0 radical (unpaired) electrons. The second-order valence-corrected chi connectivity index (χ2v) is 8.75. The van der Waals surface area contributed by atoms with Gasteiger partial charge in [0.05, 0.1) is 30.2 Å². The van der Waals surface area contributed by atoms with Crippen molar-refractivity contribution in [1.82, 2.24) is 0 Å². The Balaban J connectivity index is 1.83. The van der Waals surface area contributed by atoms with Crippen LogP contribution < -0.4 is 4.31 Å². The van der Waals surface area contributed by atoms with Crippen LogP contribution in [0.15, 0.2) is 83.8 Å². The summed E-state index contributed by atoms with van der Waals surface area (Å²) in [4.78, 5) is 12.3. The molecule has 0 bridgehead atoms. The highest BCUT2D eigenvalue weighted by molar-refractivity contribution is 7.93. The van der Waals surface area contributed by atoms with Gasteiger partial charge in [-0.15, -0.1) is 0 Å². The molecule has 3 aromatic carbocycles. The largest absolute Gasteiger partial charge is 0.469 e. The lowest BCUT2D eigenvalue weighted by Gasteiger charge is -2.37. The van der Waals surface area contributed by atoms with Gasteiger partial charge in [0.25, 0.3) is 10.0 Å². The Labute approximate surface area is 170 Å². The number of methoxy groups -OCH3 is 1. The molecule has 1 aliphatic heterocycles. The van der Waals surface area contributed by atoms with E-state index in [1.165, 1.54) is 11.4 Å². The molecule has 1 aliphatic rings. The Morgan fingerprint density at radius 2 is 1.62 bits per heavy atom. The molecule has 0 spiro atoms. The van der Waals surface area contributed by atoms with Gasteiger partial charge in [0, 0.05) is 0 Å². The number of fused-ring (bicyclic) bond motifs is 1. The van der Waals surface area contributed by atoms with Crippen molar-refractivity contribution >= 4 is 21.7 Å². The monoisotopic (exact) mass is 407 g/mol. The van der Waals surface area contributed by atoms with Crippen LogP contribution in [0.3, 0.4) is 0 Å². The summed E-state index contributed by atoms with van der Waals surface area (Å²) in [6, 6.07) is 23.5. The number of sulfonamides is 1. The highest BCUT2D eigenvalue weighted by Gasteiger charge is 2.39. The predicted octanol–water partition coefficient (Wildman–Crippen LogP) is 4.04. The smallest absolute Gasteiger partial charge is 0.307 e. The Morgan fingerprint density at radius 3 is 2.28 bits per heavy atom. The van der Waals surface area contributed by atoms with Crippen LogP contribution in [-0.2, 0) is 26.0 Å². The minimum absolute atomic E-state index is 0.0143. The summed E-state index contributed by atoms with van der Waals surface area (Å²) in [5.41, 5.74) is 3.22. The van der Waals surface area contributed by atoms with Gasteiger partial charge in [-0.2, -0.15) is 0 Å². The quantitative estimate of drug-likeness (QED) is 0.613. The third-order valence-electron chi connectivity index (χ3n) is 5.13. The number of esters is 1. The molecule has 1 unspecified atom stereocenters. The predicted molar refractivity (Wildman–Crippen MR) is 112 cm³/mol.